The molecule has 1 aliphatic rings. The summed E-state index contributed by atoms with van der Waals surface area (Å²) in [5, 5.41) is 0.146. The molecule has 0 saturated carbocycles. The minimum absolute atomic E-state index is 0.146. The molecule has 0 spiro atoms. The number of aromatic nitrogens is 4. The number of rotatable bonds is 4. The van der Waals surface area contributed by atoms with Crippen molar-refractivity contribution in [2.75, 3.05) is 11.5 Å². The highest BCUT2D eigenvalue weighted by atomic mass is 32.2. The molecule has 0 amide bonds. The summed E-state index contributed by atoms with van der Waals surface area (Å²) < 4.78 is 3.71. The van der Waals surface area contributed by atoms with Gasteiger partial charge in [0.25, 0.3) is 0 Å². The number of imidazole rings is 1. The molecule has 132 valence electrons. The predicted octanol–water partition coefficient (Wildman–Crippen LogP) is 2.30. The SMILES string of the molecule is CC(C)Cc1nccn1CC#Cc1cn([C@H]2CCCS2)c(=O)nc1N. The smallest absolute Gasteiger partial charge is 0.350 e. The van der Waals surface area contributed by atoms with E-state index in [1.165, 1.54) is 0 Å². The molecular formula is C18H23N5OS. The standard InChI is InChI=1S/C18H23N5OS/c1-13(2)11-15-20-7-9-22(15)8-3-5-14-12-23(16-6-4-10-25-16)18(24)21-17(14)19/h7,9,12-13,16H,4,6,8,10-11H2,1-2H3,(H2,19,21,24)/t16-/m1/s1. The average Bonchev–Trinajstić information content (AvgIpc) is 3.21. The first-order valence-corrected chi connectivity index (χ1v) is 9.58. The summed E-state index contributed by atoms with van der Waals surface area (Å²) in [6, 6.07) is 0. The van der Waals surface area contributed by atoms with Crippen LogP contribution in [0.25, 0.3) is 0 Å². The number of nitrogens with zero attached hydrogens (tertiary/aromatic N) is 4. The largest absolute Gasteiger partial charge is 0.382 e. The topological polar surface area (TPSA) is 78.7 Å². The highest BCUT2D eigenvalue weighted by molar-refractivity contribution is 7.99. The van der Waals surface area contributed by atoms with Gasteiger partial charge in [-0.3, -0.25) is 4.57 Å². The van der Waals surface area contributed by atoms with Gasteiger partial charge in [0.05, 0.1) is 17.5 Å². The molecular weight excluding hydrogens is 334 g/mol. The van der Waals surface area contributed by atoms with Crippen LogP contribution in [0.5, 0.6) is 0 Å². The van der Waals surface area contributed by atoms with E-state index in [2.05, 4.69) is 35.7 Å². The number of thioether (sulfide) groups is 1. The van der Waals surface area contributed by atoms with E-state index in [0.29, 0.717) is 18.0 Å². The molecule has 2 N–H and O–H groups in total. The normalized spacial score (nSPS) is 16.8. The molecule has 0 bridgehead atoms. The van der Waals surface area contributed by atoms with Crippen LogP contribution in [-0.2, 0) is 13.0 Å². The van der Waals surface area contributed by atoms with Crippen LogP contribution in [0.15, 0.2) is 23.4 Å². The number of hydrogen-bond acceptors (Lipinski definition) is 5. The maximum Gasteiger partial charge on any atom is 0.350 e. The summed E-state index contributed by atoms with van der Waals surface area (Å²) in [5.74, 6) is 9.04. The van der Waals surface area contributed by atoms with Gasteiger partial charge in [-0.2, -0.15) is 4.98 Å². The number of nitrogen functional groups attached to an aromatic ring is 1. The van der Waals surface area contributed by atoms with Gasteiger partial charge in [-0.15, -0.1) is 11.8 Å². The summed E-state index contributed by atoms with van der Waals surface area (Å²) in [6.45, 7) is 4.88. The minimum Gasteiger partial charge on any atom is -0.382 e. The van der Waals surface area contributed by atoms with E-state index < -0.39 is 0 Å². The quantitative estimate of drug-likeness (QED) is 0.850. The van der Waals surface area contributed by atoms with Crippen LogP contribution in [0.1, 0.15) is 43.5 Å². The summed E-state index contributed by atoms with van der Waals surface area (Å²) in [4.78, 5) is 20.4. The first kappa shape index (κ1) is 17.6. The molecule has 7 heteroatoms. The Kier molecular flexibility index (Phi) is 5.49. The van der Waals surface area contributed by atoms with Gasteiger partial charge in [0.1, 0.15) is 11.6 Å². The lowest BCUT2D eigenvalue weighted by molar-refractivity contribution is 0.595. The fourth-order valence-corrected chi connectivity index (χ4v) is 4.07. The van der Waals surface area contributed by atoms with E-state index in [1.54, 1.807) is 28.7 Å². The van der Waals surface area contributed by atoms with Gasteiger partial charge in [0.2, 0.25) is 0 Å². The van der Waals surface area contributed by atoms with E-state index in [1.807, 2.05) is 10.8 Å². The molecule has 2 aromatic heterocycles. The van der Waals surface area contributed by atoms with Gasteiger partial charge in [0.15, 0.2) is 0 Å². The van der Waals surface area contributed by atoms with Crippen molar-refractivity contribution in [1.82, 2.24) is 19.1 Å². The van der Waals surface area contributed by atoms with E-state index >= 15 is 0 Å². The molecule has 1 saturated heterocycles. The van der Waals surface area contributed by atoms with Gasteiger partial charge in [-0.25, -0.2) is 9.78 Å². The lowest BCUT2D eigenvalue weighted by Crippen LogP contribution is -2.26. The van der Waals surface area contributed by atoms with E-state index in [9.17, 15) is 4.79 Å². The van der Waals surface area contributed by atoms with Crippen molar-refractivity contribution >= 4 is 17.6 Å². The van der Waals surface area contributed by atoms with Gasteiger partial charge >= 0.3 is 5.69 Å². The Bertz CT molecular complexity index is 852. The minimum atomic E-state index is -0.295. The summed E-state index contributed by atoms with van der Waals surface area (Å²) in [7, 11) is 0. The molecule has 1 fully saturated rings. The zero-order valence-corrected chi connectivity index (χ0v) is 15.4. The van der Waals surface area contributed by atoms with Crippen LogP contribution in [0.4, 0.5) is 5.82 Å². The van der Waals surface area contributed by atoms with Crippen LogP contribution >= 0.6 is 11.8 Å². The first-order valence-electron chi connectivity index (χ1n) is 8.53. The van der Waals surface area contributed by atoms with E-state index in [0.717, 1.165) is 30.8 Å². The fraction of sp³-hybridized carbons (Fsp3) is 0.500. The maximum absolute atomic E-state index is 12.1. The van der Waals surface area contributed by atoms with Crippen LogP contribution in [0.3, 0.4) is 0 Å². The van der Waals surface area contributed by atoms with Crippen molar-refractivity contribution in [3.05, 3.63) is 40.5 Å². The molecule has 3 heterocycles. The van der Waals surface area contributed by atoms with Gasteiger partial charge in [-0.1, -0.05) is 25.7 Å². The molecule has 0 aromatic carbocycles. The Hall–Kier alpha value is -2.20. The first-order chi connectivity index (χ1) is 12.0. The Labute approximate surface area is 151 Å². The van der Waals surface area contributed by atoms with Crippen molar-refractivity contribution in [3.8, 4) is 11.8 Å². The second-order valence-electron chi connectivity index (χ2n) is 6.57. The highest BCUT2D eigenvalue weighted by Gasteiger charge is 2.19. The predicted molar refractivity (Wildman–Crippen MR) is 101 cm³/mol. The Balaban J connectivity index is 1.80. The lowest BCUT2D eigenvalue weighted by Gasteiger charge is -2.12. The molecule has 1 atom stereocenters. The van der Waals surface area contributed by atoms with Crippen molar-refractivity contribution in [2.45, 2.75) is 45.0 Å². The Morgan fingerprint density at radius 1 is 1.48 bits per heavy atom. The summed E-state index contributed by atoms with van der Waals surface area (Å²) in [5.41, 5.74) is 6.21. The van der Waals surface area contributed by atoms with Crippen molar-refractivity contribution in [2.24, 2.45) is 5.92 Å². The lowest BCUT2D eigenvalue weighted by atomic mass is 10.1. The van der Waals surface area contributed by atoms with E-state index in [4.69, 9.17) is 5.73 Å². The molecule has 25 heavy (non-hydrogen) atoms. The summed E-state index contributed by atoms with van der Waals surface area (Å²) in [6.07, 6.45) is 8.51. The van der Waals surface area contributed by atoms with Crippen LogP contribution in [0, 0.1) is 17.8 Å². The molecule has 3 rings (SSSR count). The van der Waals surface area contributed by atoms with Crippen molar-refractivity contribution < 1.29 is 0 Å². The number of hydrogen-bond donors (Lipinski definition) is 1. The van der Waals surface area contributed by atoms with E-state index in [-0.39, 0.29) is 16.9 Å². The molecule has 0 radical (unpaired) electrons. The van der Waals surface area contributed by atoms with Crippen LogP contribution < -0.4 is 11.4 Å². The fourth-order valence-electron chi connectivity index (χ4n) is 2.82. The van der Waals surface area contributed by atoms with Crippen molar-refractivity contribution in [1.29, 1.82) is 0 Å². The van der Waals surface area contributed by atoms with Crippen LogP contribution in [-0.4, -0.2) is 24.9 Å². The van der Waals surface area contributed by atoms with Gasteiger partial charge in [0, 0.05) is 25.0 Å². The molecule has 6 nitrogen and oxygen atoms in total. The molecule has 0 unspecified atom stereocenters. The van der Waals surface area contributed by atoms with Gasteiger partial charge in [-0.05, 0) is 24.5 Å². The van der Waals surface area contributed by atoms with Crippen LogP contribution in [0.2, 0.25) is 0 Å². The molecule has 1 aliphatic heterocycles. The third-order valence-electron chi connectivity index (χ3n) is 4.06. The number of anilines is 1. The maximum atomic E-state index is 12.1. The second kappa shape index (κ2) is 7.79. The van der Waals surface area contributed by atoms with Gasteiger partial charge < -0.3 is 10.3 Å². The summed E-state index contributed by atoms with van der Waals surface area (Å²) >= 11 is 1.78. The monoisotopic (exact) mass is 357 g/mol. The molecule has 0 aliphatic carbocycles. The van der Waals surface area contributed by atoms with Crippen molar-refractivity contribution in [3.63, 3.8) is 0 Å². The zero-order valence-electron chi connectivity index (χ0n) is 14.6. The second-order valence-corrected chi connectivity index (χ2v) is 7.85. The highest BCUT2D eigenvalue weighted by Crippen LogP contribution is 2.34. The Morgan fingerprint density at radius 3 is 3.04 bits per heavy atom. The third-order valence-corrected chi connectivity index (χ3v) is 5.43. The third kappa shape index (κ3) is 4.26. The average molecular weight is 357 g/mol. The number of nitrogens with two attached hydrogens (primary N) is 1. The molecule has 2 aromatic rings. The zero-order chi connectivity index (χ0) is 17.8. The Morgan fingerprint density at radius 2 is 2.32 bits per heavy atom.